The average Bonchev–Trinajstić information content (AvgIpc) is 2.75. The third kappa shape index (κ3) is 3.43. The maximum Gasteiger partial charge on any atom is 0.303 e. The molecule has 0 radical (unpaired) electrons. The Hall–Kier alpha value is -1.18. The molecule has 4 nitrogen and oxygen atoms in total. The minimum atomic E-state index is -0.837. The first-order valence-corrected chi connectivity index (χ1v) is 7.01. The number of carbonyl (C=O) groups excluding carboxylic acids is 1. The maximum atomic E-state index is 13.0. The standard InChI is InChI=1S/C13H13FINO3/c14-9-1-2-10(11(15)6-9)13(19)16-4-3-8(7-16)5-12(17)18/h1-2,6,8H,3-5,7H2,(H,17,18). The smallest absolute Gasteiger partial charge is 0.303 e. The van der Waals surface area contributed by atoms with Crippen LogP contribution in [-0.4, -0.2) is 35.0 Å². The molecule has 1 fully saturated rings. The van der Waals surface area contributed by atoms with Gasteiger partial charge in [0, 0.05) is 23.1 Å². The normalized spacial score (nSPS) is 18.6. The topological polar surface area (TPSA) is 57.6 Å². The van der Waals surface area contributed by atoms with E-state index in [1.165, 1.54) is 18.2 Å². The Morgan fingerprint density at radius 1 is 1.47 bits per heavy atom. The van der Waals surface area contributed by atoms with Gasteiger partial charge in [-0.15, -0.1) is 0 Å². The van der Waals surface area contributed by atoms with Gasteiger partial charge in [0.2, 0.25) is 0 Å². The highest BCUT2D eigenvalue weighted by Crippen LogP contribution is 2.23. The molecule has 6 heteroatoms. The van der Waals surface area contributed by atoms with Crippen LogP contribution in [0.25, 0.3) is 0 Å². The fourth-order valence-corrected chi connectivity index (χ4v) is 2.97. The number of hydrogen-bond donors (Lipinski definition) is 1. The first-order chi connectivity index (χ1) is 8.97. The Balaban J connectivity index is 2.07. The van der Waals surface area contributed by atoms with E-state index >= 15 is 0 Å². The molecule has 1 aromatic carbocycles. The summed E-state index contributed by atoms with van der Waals surface area (Å²) < 4.78 is 13.6. The van der Waals surface area contributed by atoms with Gasteiger partial charge in [-0.2, -0.15) is 0 Å². The molecule has 102 valence electrons. The second-order valence-electron chi connectivity index (χ2n) is 4.63. The molecule has 1 heterocycles. The molecule has 1 atom stereocenters. The van der Waals surface area contributed by atoms with Crippen molar-refractivity contribution in [3.63, 3.8) is 0 Å². The van der Waals surface area contributed by atoms with E-state index in [9.17, 15) is 14.0 Å². The fraction of sp³-hybridized carbons (Fsp3) is 0.385. The van der Waals surface area contributed by atoms with Crippen molar-refractivity contribution in [1.29, 1.82) is 0 Å². The molecular formula is C13H13FINO3. The van der Waals surface area contributed by atoms with Crippen LogP contribution >= 0.6 is 22.6 Å². The van der Waals surface area contributed by atoms with Gasteiger partial charge in [-0.25, -0.2) is 4.39 Å². The Labute approximate surface area is 123 Å². The molecule has 1 saturated heterocycles. The lowest BCUT2D eigenvalue weighted by Crippen LogP contribution is -2.29. The molecule has 0 aromatic heterocycles. The molecule has 1 aliphatic heterocycles. The van der Waals surface area contributed by atoms with Gasteiger partial charge in [-0.3, -0.25) is 9.59 Å². The number of amides is 1. The number of carboxylic acid groups (broad SMARTS) is 1. The van der Waals surface area contributed by atoms with Crippen LogP contribution in [-0.2, 0) is 4.79 Å². The van der Waals surface area contributed by atoms with Crippen molar-refractivity contribution in [3.05, 3.63) is 33.1 Å². The molecule has 1 aromatic rings. The van der Waals surface area contributed by atoms with Crippen LogP contribution in [0.15, 0.2) is 18.2 Å². The predicted octanol–water partition coefficient (Wildman–Crippen LogP) is 2.37. The van der Waals surface area contributed by atoms with Gasteiger partial charge < -0.3 is 10.0 Å². The Bertz CT molecular complexity index is 521. The van der Waals surface area contributed by atoms with Crippen LogP contribution in [0.3, 0.4) is 0 Å². The molecule has 1 unspecified atom stereocenters. The molecule has 1 aliphatic rings. The van der Waals surface area contributed by atoms with Gasteiger partial charge in [0.05, 0.1) is 5.56 Å². The number of benzene rings is 1. The van der Waals surface area contributed by atoms with Crippen molar-refractivity contribution < 1.29 is 19.1 Å². The van der Waals surface area contributed by atoms with Crippen molar-refractivity contribution in [3.8, 4) is 0 Å². The Morgan fingerprint density at radius 3 is 2.84 bits per heavy atom. The molecule has 19 heavy (non-hydrogen) atoms. The monoisotopic (exact) mass is 377 g/mol. The minimum Gasteiger partial charge on any atom is -0.481 e. The van der Waals surface area contributed by atoms with Crippen LogP contribution < -0.4 is 0 Å². The second-order valence-corrected chi connectivity index (χ2v) is 5.79. The number of hydrogen-bond acceptors (Lipinski definition) is 2. The second kappa shape index (κ2) is 5.85. The zero-order chi connectivity index (χ0) is 14.0. The van der Waals surface area contributed by atoms with Crippen molar-refractivity contribution in [2.24, 2.45) is 5.92 Å². The van der Waals surface area contributed by atoms with E-state index < -0.39 is 5.97 Å². The summed E-state index contributed by atoms with van der Waals surface area (Å²) in [6, 6.07) is 4.06. The third-order valence-corrected chi connectivity index (χ3v) is 4.09. The van der Waals surface area contributed by atoms with Crippen LogP contribution in [0.1, 0.15) is 23.2 Å². The summed E-state index contributed by atoms with van der Waals surface area (Å²) in [4.78, 5) is 24.6. The summed E-state index contributed by atoms with van der Waals surface area (Å²) in [5, 5.41) is 8.74. The van der Waals surface area contributed by atoms with Gasteiger partial charge in [-0.1, -0.05) is 0 Å². The van der Waals surface area contributed by atoms with Crippen LogP contribution in [0.2, 0.25) is 0 Å². The average molecular weight is 377 g/mol. The number of halogens is 2. The number of nitrogens with zero attached hydrogens (tertiary/aromatic N) is 1. The Morgan fingerprint density at radius 2 is 2.21 bits per heavy atom. The summed E-state index contributed by atoms with van der Waals surface area (Å²) in [5.41, 5.74) is 0.470. The fourth-order valence-electron chi connectivity index (χ4n) is 2.26. The van der Waals surface area contributed by atoms with E-state index in [1.807, 2.05) is 22.6 Å². The number of carbonyl (C=O) groups is 2. The Kier molecular flexibility index (Phi) is 4.38. The maximum absolute atomic E-state index is 13.0. The highest BCUT2D eigenvalue weighted by atomic mass is 127. The molecule has 0 spiro atoms. The summed E-state index contributed by atoms with van der Waals surface area (Å²) in [7, 11) is 0. The number of aliphatic carboxylic acids is 1. The number of carboxylic acids is 1. The van der Waals surface area contributed by atoms with Crippen molar-refractivity contribution in [1.82, 2.24) is 4.90 Å². The summed E-state index contributed by atoms with van der Waals surface area (Å²) in [6.07, 6.45) is 0.792. The summed E-state index contributed by atoms with van der Waals surface area (Å²) in [6.45, 7) is 1.02. The van der Waals surface area contributed by atoms with E-state index in [2.05, 4.69) is 0 Å². The predicted molar refractivity (Wildman–Crippen MR) is 75.4 cm³/mol. The van der Waals surface area contributed by atoms with Gasteiger partial charge in [0.25, 0.3) is 5.91 Å². The van der Waals surface area contributed by atoms with Gasteiger partial charge in [0.1, 0.15) is 5.82 Å². The van der Waals surface area contributed by atoms with E-state index in [4.69, 9.17) is 5.11 Å². The van der Waals surface area contributed by atoms with Gasteiger partial charge in [0.15, 0.2) is 0 Å². The lowest BCUT2D eigenvalue weighted by atomic mass is 10.1. The molecule has 0 bridgehead atoms. The molecule has 1 amide bonds. The first kappa shape index (κ1) is 14.2. The zero-order valence-corrected chi connectivity index (χ0v) is 12.3. The summed E-state index contributed by atoms with van der Waals surface area (Å²) >= 11 is 1.93. The highest BCUT2D eigenvalue weighted by Gasteiger charge is 2.29. The van der Waals surface area contributed by atoms with Crippen molar-refractivity contribution in [2.45, 2.75) is 12.8 Å². The van der Waals surface area contributed by atoms with E-state index in [1.54, 1.807) is 4.90 Å². The van der Waals surface area contributed by atoms with Crippen LogP contribution in [0, 0.1) is 15.3 Å². The molecular weight excluding hydrogens is 364 g/mol. The van der Waals surface area contributed by atoms with E-state index in [0.717, 1.165) is 0 Å². The molecule has 0 aliphatic carbocycles. The molecule has 1 N–H and O–H groups in total. The van der Waals surface area contributed by atoms with Crippen molar-refractivity contribution >= 4 is 34.5 Å². The molecule has 0 saturated carbocycles. The quantitative estimate of drug-likeness (QED) is 0.823. The van der Waals surface area contributed by atoms with E-state index in [0.29, 0.717) is 28.6 Å². The lowest BCUT2D eigenvalue weighted by Gasteiger charge is -2.17. The highest BCUT2D eigenvalue weighted by molar-refractivity contribution is 14.1. The molecule has 2 rings (SSSR count). The van der Waals surface area contributed by atoms with Gasteiger partial charge in [-0.05, 0) is 53.1 Å². The SMILES string of the molecule is O=C(O)CC1CCN(C(=O)c2ccc(F)cc2I)C1. The van der Waals surface area contributed by atoms with Crippen LogP contribution in [0.4, 0.5) is 4.39 Å². The number of rotatable bonds is 3. The summed E-state index contributed by atoms with van der Waals surface area (Å²) in [5.74, 6) is -1.35. The zero-order valence-electron chi connectivity index (χ0n) is 10.1. The largest absolute Gasteiger partial charge is 0.481 e. The third-order valence-electron chi connectivity index (χ3n) is 3.20. The van der Waals surface area contributed by atoms with Gasteiger partial charge >= 0.3 is 5.97 Å². The van der Waals surface area contributed by atoms with Crippen molar-refractivity contribution in [2.75, 3.05) is 13.1 Å². The number of likely N-dealkylation sites (tertiary alicyclic amines) is 1. The van der Waals surface area contributed by atoms with Crippen LogP contribution in [0.5, 0.6) is 0 Å². The minimum absolute atomic E-state index is 0.0135. The first-order valence-electron chi connectivity index (χ1n) is 5.93. The van der Waals surface area contributed by atoms with E-state index in [-0.39, 0.29) is 24.1 Å². The lowest BCUT2D eigenvalue weighted by molar-refractivity contribution is -0.138.